The minimum absolute atomic E-state index is 0.0947. The fourth-order valence-electron chi connectivity index (χ4n) is 3.17. The van der Waals surface area contributed by atoms with Gasteiger partial charge in [-0.3, -0.25) is 9.59 Å². The third kappa shape index (κ3) is 5.48. The molecule has 2 N–H and O–H groups in total. The number of hydrogen-bond acceptors (Lipinski definition) is 5. The number of thioether (sulfide) groups is 1. The Labute approximate surface area is 202 Å². The summed E-state index contributed by atoms with van der Waals surface area (Å²) < 4.78 is 40.1. The lowest BCUT2D eigenvalue weighted by Crippen LogP contribution is -2.18. The maximum absolute atomic E-state index is 13.1. The predicted octanol–water partition coefficient (Wildman–Crippen LogP) is 6.30. The molecule has 0 aliphatic carbocycles. The zero-order valence-electron chi connectivity index (χ0n) is 16.7. The standard InChI is InChI=1S/C22H15BrF3N3O2S2/c23-13-7-5-12(6-8-13)14-9-33-21-19(14)20(31)28-17(29-21)10-32-11-18(30)27-16-4-2-1-3-15(16)22(24,25)26/h1-9H,10-11H2,(H,27,30)(H,28,29,31). The van der Waals surface area contributed by atoms with Gasteiger partial charge in [-0.1, -0.05) is 40.2 Å². The maximum atomic E-state index is 13.1. The first-order chi connectivity index (χ1) is 15.7. The molecular weight excluding hydrogens is 539 g/mol. The first-order valence-corrected chi connectivity index (χ1v) is 12.4. The van der Waals surface area contributed by atoms with Gasteiger partial charge >= 0.3 is 6.18 Å². The van der Waals surface area contributed by atoms with Gasteiger partial charge in [0.15, 0.2) is 0 Å². The summed E-state index contributed by atoms with van der Waals surface area (Å²) in [6.45, 7) is 0. The number of nitrogens with one attached hydrogen (secondary N) is 2. The number of fused-ring (bicyclic) bond motifs is 1. The van der Waals surface area contributed by atoms with E-state index < -0.39 is 17.6 Å². The van der Waals surface area contributed by atoms with Gasteiger partial charge in [0.05, 0.1) is 28.1 Å². The first-order valence-electron chi connectivity index (χ1n) is 9.52. The lowest BCUT2D eigenvalue weighted by Gasteiger charge is -2.13. The Morgan fingerprint density at radius 2 is 1.88 bits per heavy atom. The number of alkyl halides is 3. The van der Waals surface area contributed by atoms with Gasteiger partial charge in [-0.15, -0.1) is 23.1 Å². The van der Waals surface area contributed by atoms with E-state index in [0.29, 0.717) is 16.0 Å². The Morgan fingerprint density at radius 1 is 1.15 bits per heavy atom. The molecule has 0 saturated heterocycles. The van der Waals surface area contributed by atoms with E-state index in [9.17, 15) is 22.8 Å². The quantitative estimate of drug-likeness (QED) is 0.293. The van der Waals surface area contributed by atoms with Crippen LogP contribution in [-0.2, 0) is 16.7 Å². The molecule has 4 aromatic rings. The third-order valence-electron chi connectivity index (χ3n) is 4.63. The summed E-state index contributed by atoms with van der Waals surface area (Å²) >= 11 is 5.88. The number of aromatic nitrogens is 2. The lowest BCUT2D eigenvalue weighted by molar-refractivity contribution is -0.137. The number of halogens is 4. The Balaban J connectivity index is 1.43. The highest BCUT2D eigenvalue weighted by Gasteiger charge is 2.33. The van der Waals surface area contributed by atoms with Crippen molar-refractivity contribution in [3.63, 3.8) is 0 Å². The van der Waals surface area contributed by atoms with Crippen molar-refractivity contribution in [3.8, 4) is 11.1 Å². The highest BCUT2D eigenvalue weighted by Crippen LogP contribution is 2.35. The molecule has 0 unspecified atom stereocenters. The molecule has 0 spiro atoms. The minimum atomic E-state index is -4.56. The Kier molecular flexibility index (Phi) is 6.91. The Hall–Kier alpha value is -2.63. The van der Waals surface area contributed by atoms with Crippen molar-refractivity contribution >= 4 is 60.8 Å². The number of para-hydroxylation sites is 1. The van der Waals surface area contributed by atoms with Crippen LogP contribution in [0.4, 0.5) is 18.9 Å². The molecule has 170 valence electrons. The maximum Gasteiger partial charge on any atom is 0.418 e. The van der Waals surface area contributed by atoms with Gasteiger partial charge in [-0.05, 0) is 29.8 Å². The summed E-state index contributed by atoms with van der Waals surface area (Å²) in [5, 5.41) is 4.67. The second kappa shape index (κ2) is 9.70. The topological polar surface area (TPSA) is 74.8 Å². The highest BCUT2D eigenvalue weighted by atomic mass is 79.9. The molecule has 5 nitrogen and oxygen atoms in total. The fourth-order valence-corrected chi connectivity index (χ4v) is 5.09. The summed E-state index contributed by atoms with van der Waals surface area (Å²) in [5.41, 5.74) is 0.216. The lowest BCUT2D eigenvalue weighted by atomic mass is 10.1. The zero-order chi connectivity index (χ0) is 23.6. The molecule has 0 saturated carbocycles. The van der Waals surface area contributed by atoms with E-state index in [-0.39, 0.29) is 22.8 Å². The van der Waals surface area contributed by atoms with Crippen LogP contribution in [0.15, 0.2) is 63.2 Å². The van der Waals surface area contributed by atoms with Crippen molar-refractivity contribution < 1.29 is 18.0 Å². The SMILES string of the molecule is O=C(CSCc1nc2scc(-c3ccc(Br)cc3)c2c(=O)[nH]1)Nc1ccccc1C(F)(F)F. The van der Waals surface area contributed by atoms with Crippen molar-refractivity contribution in [2.24, 2.45) is 0 Å². The van der Waals surface area contributed by atoms with E-state index >= 15 is 0 Å². The number of H-pyrrole nitrogens is 1. The summed E-state index contributed by atoms with van der Waals surface area (Å²) in [5.74, 6) is -0.0490. The van der Waals surface area contributed by atoms with Crippen molar-refractivity contribution in [3.05, 3.63) is 80.1 Å². The van der Waals surface area contributed by atoms with Crippen molar-refractivity contribution in [1.29, 1.82) is 0 Å². The fraction of sp³-hybridized carbons (Fsp3) is 0.136. The summed E-state index contributed by atoms with van der Waals surface area (Å²) in [7, 11) is 0. The van der Waals surface area contributed by atoms with Gasteiger partial charge in [-0.25, -0.2) is 4.98 Å². The molecule has 0 aliphatic rings. The molecule has 11 heteroatoms. The Morgan fingerprint density at radius 3 is 2.61 bits per heavy atom. The van der Waals surface area contributed by atoms with E-state index in [1.807, 2.05) is 29.6 Å². The normalized spacial score (nSPS) is 11.6. The molecule has 2 aromatic carbocycles. The van der Waals surface area contributed by atoms with Gasteiger partial charge in [0.2, 0.25) is 5.91 Å². The second-order valence-corrected chi connectivity index (χ2v) is 9.69. The van der Waals surface area contributed by atoms with E-state index in [2.05, 4.69) is 31.2 Å². The van der Waals surface area contributed by atoms with Gasteiger partial charge in [0.25, 0.3) is 5.56 Å². The van der Waals surface area contributed by atoms with Gasteiger partial charge in [0.1, 0.15) is 10.7 Å². The molecule has 0 fully saturated rings. The van der Waals surface area contributed by atoms with Gasteiger partial charge in [0, 0.05) is 15.4 Å². The van der Waals surface area contributed by atoms with Crippen LogP contribution < -0.4 is 10.9 Å². The van der Waals surface area contributed by atoms with Crippen molar-refractivity contribution in [2.75, 3.05) is 11.1 Å². The van der Waals surface area contributed by atoms with E-state index in [1.165, 1.54) is 29.5 Å². The van der Waals surface area contributed by atoms with Crippen LogP contribution in [0.3, 0.4) is 0 Å². The number of amides is 1. The zero-order valence-corrected chi connectivity index (χ0v) is 19.9. The summed E-state index contributed by atoms with van der Waals surface area (Å²) in [6.07, 6.45) is -4.56. The van der Waals surface area contributed by atoms with Crippen LogP contribution in [0.5, 0.6) is 0 Å². The van der Waals surface area contributed by atoms with Gasteiger partial charge in [-0.2, -0.15) is 13.2 Å². The largest absolute Gasteiger partial charge is 0.418 e. The molecule has 0 aliphatic heterocycles. The molecule has 1 amide bonds. The monoisotopic (exact) mass is 553 g/mol. The van der Waals surface area contributed by atoms with E-state index in [0.717, 1.165) is 33.4 Å². The molecule has 2 heterocycles. The summed E-state index contributed by atoms with van der Waals surface area (Å²) in [4.78, 5) is 32.6. The number of benzene rings is 2. The number of carbonyl (C=O) groups excluding carboxylic acids is 1. The average Bonchev–Trinajstić information content (AvgIpc) is 3.18. The number of rotatable bonds is 6. The molecule has 2 aromatic heterocycles. The number of anilines is 1. The highest BCUT2D eigenvalue weighted by molar-refractivity contribution is 9.10. The van der Waals surface area contributed by atoms with E-state index in [4.69, 9.17) is 0 Å². The number of thiophene rings is 1. The number of nitrogens with zero attached hydrogens (tertiary/aromatic N) is 1. The van der Waals surface area contributed by atoms with Crippen molar-refractivity contribution in [2.45, 2.75) is 11.9 Å². The minimum Gasteiger partial charge on any atom is -0.325 e. The van der Waals surface area contributed by atoms with Crippen LogP contribution in [0.1, 0.15) is 11.4 Å². The van der Waals surface area contributed by atoms with Crippen LogP contribution >= 0.6 is 39.0 Å². The number of hydrogen-bond donors (Lipinski definition) is 2. The molecule has 33 heavy (non-hydrogen) atoms. The number of carbonyl (C=O) groups is 1. The third-order valence-corrected chi connectivity index (χ3v) is 6.97. The van der Waals surface area contributed by atoms with Crippen molar-refractivity contribution in [1.82, 2.24) is 9.97 Å². The van der Waals surface area contributed by atoms with Crippen LogP contribution in [0, 0.1) is 0 Å². The average molecular weight is 554 g/mol. The summed E-state index contributed by atoms with van der Waals surface area (Å²) in [6, 6.07) is 12.4. The molecule has 4 rings (SSSR count). The molecule has 0 radical (unpaired) electrons. The molecule has 0 bridgehead atoms. The smallest absolute Gasteiger partial charge is 0.325 e. The Bertz CT molecular complexity index is 1370. The van der Waals surface area contributed by atoms with E-state index in [1.54, 1.807) is 0 Å². The van der Waals surface area contributed by atoms with Gasteiger partial charge < -0.3 is 10.3 Å². The van der Waals surface area contributed by atoms with Crippen LogP contribution in [0.25, 0.3) is 21.3 Å². The van der Waals surface area contributed by atoms with Crippen LogP contribution in [0.2, 0.25) is 0 Å². The second-order valence-electron chi connectivity index (χ2n) is 6.93. The first kappa shape index (κ1) is 23.5. The predicted molar refractivity (Wildman–Crippen MR) is 130 cm³/mol. The molecule has 0 atom stereocenters. The molecular formula is C22H15BrF3N3O2S2. The number of aromatic amines is 1. The van der Waals surface area contributed by atoms with Crippen LogP contribution in [-0.4, -0.2) is 21.6 Å².